The van der Waals surface area contributed by atoms with Crippen LogP contribution in [0, 0.1) is 13.8 Å². The molecule has 1 fully saturated rings. The standard InChI is InChI=1S/C19H35N5OS.HI/c1-5-20-19(21-10-7-18-15(2)22-16(3)26-18)23-17-8-12-24(13-9-17)11-6-14-25-4;/h17H,5-14H2,1-4H3,(H2,20,21,23);1H. The maximum atomic E-state index is 5.15. The van der Waals surface area contributed by atoms with Crippen LogP contribution in [0.3, 0.4) is 0 Å². The van der Waals surface area contributed by atoms with Crippen molar-refractivity contribution < 1.29 is 4.74 Å². The van der Waals surface area contributed by atoms with Crippen LogP contribution < -0.4 is 10.6 Å². The van der Waals surface area contributed by atoms with E-state index >= 15 is 0 Å². The number of halogens is 1. The molecule has 0 amide bonds. The minimum atomic E-state index is 0. The summed E-state index contributed by atoms with van der Waals surface area (Å²) in [5, 5.41) is 8.15. The fourth-order valence-corrected chi connectivity index (χ4v) is 4.25. The molecule has 8 heteroatoms. The van der Waals surface area contributed by atoms with Crippen LogP contribution >= 0.6 is 35.3 Å². The molecule has 2 N–H and O–H groups in total. The minimum absolute atomic E-state index is 0. The average molecular weight is 510 g/mol. The van der Waals surface area contributed by atoms with E-state index in [1.807, 2.05) is 0 Å². The minimum Gasteiger partial charge on any atom is -0.385 e. The van der Waals surface area contributed by atoms with Crippen LogP contribution in [0.15, 0.2) is 4.99 Å². The lowest BCUT2D eigenvalue weighted by Crippen LogP contribution is -2.49. The van der Waals surface area contributed by atoms with Crippen LogP contribution in [0.1, 0.15) is 41.8 Å². The second kappa shape index (κ2) is 13.7. The predicted octanol–water partition coefficient (Wildman–Crippen LogP) is 2.98. The highest BCUT2D eigenvalue weighted by Crippen LogP contribution is 2.17. The lowest BCUT2D eigenvalue weighted by molar-refractivity contribution is 0.155. The number of aliphatic imine (C=N–C) groups is 1. The van der Waals surface area contributed by atoms with Gasteiger partial charge in [-0.05, 0) is 40.0 Å². The zero-order chi connectivity index (χ0) is 18.8. The fourth-order valence-electron chi connectivity index (χ4n) is 3.32. The fraction of sp³-hybridized carbons (Fsp3) is 0.789. The maximum absolute atomic E-state index is 5.15. The van der Waals surface area contributed by atoms with Gasteiger partial charge in [0, 0.05) is 63.8 Å². The van der Waals surface area contributed by atoms with Crippen molar-refractivity contribution in [3.8, 4) is 0 Å². The highest BCUT2D eigenvalue weighted by molar-refractivity contribution is 14.0. The number of nitrogens with zero attached hydrogens (tertiary/aromatic N) is 3. The molecule has 1 aromatic rings. The number of methoxy groups -OCH3 is 1. The highest BCUT2D eigenvalue weighted by atomic mass is 127. The van der Waals surface area contributed by atoms with Crippen LogP contribution in [0.25, 0.3) is 0 Å². The van der Waals surface area contributed by atoms with Crippen molar-refractivity contribution in [2.75, 3.05) is 46.4 Å². The summed E-state index contributed by atoms with van der Waals surface area (Å²) in [5.41, 5.74) is 1.15. The number of thiazole rings is 1. The lowest BCUT2D eigenvalue weighted by atomic mass is 10.1. The molecule has 1 aliphatic heterocycles. The van der Waals surface area contributed by atoms with Crippen molar-refractivity contribution in [3.05, 3.63) is 15.6 Å². The van der Waals surface area contributed by atoms with Gasteiger partial charge in [-0.3, -0.25) is 4.99 Å². The zero-order valence-electron chi connectivity index (χ0n) is 17.2. The van der Waals surface area contributed by atoms with E-state index in [0.717, 1.165) is 68.8 Å². The summed E-state index contributed by atoms with van der Waals surface area (Å²) in [4.78, 5) is 13.2. The van der Waals surface area contributed by atoms with Gasteiger partial charge in [0.05, 0.1) is 10.7 Å². The molecular weight excluding hydrogens is 473 g/mol. The van der Waals surface area contributed by atoms with E-state index in [-0.39, 0.29) is 24.0 Å². The van der Waals surface area contributed by atoms with Crippen molar-refractivity contribution in [3.63, 3.8) is 0 Å². The van der Waals surface area contributed by atoms with Gasteiger partial charge in [0.1, 0.15) is 0 Å². The first-order chi connectivity index (χ1) is 12.6. The van der Waals surface area contributed by atoms with Crippen LogP contribution in [0.4, 0.5) is 0 Å². The molecule has 0 saturated carbocycles. The summed E-state index contributed by atoms with van der Waals surface area (Å²) in [6.07, 6.45) is 4.43. The smallest absolute Gasteiger partial charge is 0.191 e. The van der Waals surface area contributed by atoms with Crippen LogP contribution in [0.2, 0.25) is 0 Å². The van der Waals surface area contributed by atoms with Crippen LogP contribution in [-0.2, 0) is 11.2 Å². The van der Waals surface area contributed by atoms with Crippen molar-refractivity contribution in [2.24, 2.45) is 4.99 Å². The van der Waals surface area contributed by atoms with Crippen LogP contribution in [-0.4, -0.2) is 68.3 Å². The van der Waals surface area contributed by atoms with Gasteiger partial charge in [-0.25, -0.2) is 4.98 Å². The lowest BCUT2D eigenvalue weighted by Gasteiger charge is -2.33. The Morgan fingerprint density at radius 2 is 2.07 bits per heavy atom. The number of piperidine rings is 1. The van der Waals surface area contributed by atoms with Gasteiger partial charge in [0.25, 0.3) is 0 Å². The highest BCUT2D eigenvalue weighted by Gasteiger charge is 2.19. The van der Waals surface area contributed by atoms with Crippen molar-refractivity contribution in [2.45, 2.75) is 52.5 Å². The van der Waals surface area contributed by atoms with Gasteiger partial charge in [0.15, 0.2) is 5.96 Å². The molecule has 0 aromatic carbocycles. The second-order valence-electron chi connectivity index (χ2n) is 6.86. The number of guanidine groups is 1. The first-order valence-electron chi connectivity index (χ1n) is 9.81. The summed E-state index contributed by atoms with van der Waals surface area (Å²) in [7, 11) is 1.77. The molecule has 6 nitrogen and oxygen atoms in total. The summed E-state index contributed by atoms with van der Waals surface area (Å²) in [5.74, 6) is 0.948. The Hall–Kier alpha value is -0.450. The van der Waals surface area contributed by atoms with Gasteiger partial charge < -0.3 is 20.3 Å². The number of hydrogen-bond donors (Lipinski definition) is 2. The van der Waals surface area contributed by atoms with E-state index in [1.54, 1.807) is 18.4 Å². The second-order valence-corrected chi connectivity index (χ2v) is 8.15. The SMILES string of the molecule is CCNC(=NCCc1sc(C)nc1C)NC1CCN(CCCOC)CC1.I. The molecule has 1 saturated heterocycles. The largest absolute Gasteiger partial charge is 0.385 e. The van der Waals surface area contributed by atoms with Gasteiger partial charge in [-0.1, -0.05) is 0 Å². The molecule has 0 unspecified atom stereocenters. The molecule has 0 spiro atoms. The molecular formula is C19H36IN5OS. The predicted molar refractivity (Wildman–Crippen MR) is 126 cm³/mol. The van der Waals surface area contributed by atoms with E-state index in [1.165, 1.54) is 17.7 Å². The van der Waals surface area contributed by atoms with Gasteiger partial charge in [-0.15, -0.1) is 35.3 Å². The Morgan fingerprint density at radius 1 is 1.33 bits per heavy atom. The van der Waals surface area contributed by atoms with Gasteiger partial charge >= 0.3 is 0 Å². The molecule has 2 heterocycles. The Kier molecular flexibility index (Phi) is 12.5. The quantitative estimate of drug-likeness (QED) is 0.232. The van der Waals surface area contributed by atoms with Crippen molar-refractivity contribution in [1.82, 2.24) is 20.5 Å². The van der Waals surface area contributed by atoms with E-state index in [0.29, 0.717) is 6.04 Å². The summed E-state index contributed by atoms with van der Waals surface area (Å²) >= 11 is 1.79. The summed E-state index contributed by atoms with van der Waals surface area (Å²) in [6.45, 7) is 12.3. The Balaban J connectivity index is 0.00000364. The summed E-state index contributed by atoms with van der Waals surface area (Å²) in [6, 6.07) is 0.513. The van der Waals surface area contributed by atoms with Crippen molar-refractivity contribution >= 4 is 41.3 Å². The number of aryl methyl sites for hydroxylation is 2. The summed E-state index contributed by atoms with van der Waals surface area (Å²) < 4.78 is 5.15. The molecule has 27 heavy (non-hydrogen) atoms. The molecule has 0 aliphatic carbocycles. The average Bonchev–Trinajstić information content (AvgIpc) is 2.94. The third kappa shape index (κ3) is 9.06. The number of nitrogens with one attached hydrogen (secondary N) is 2. The Labute approximate surface area is 185 Å². The van der Waals surface area contributed by atoms with Crippen LogP contribution in [0.5, 0.6) is 0 Å². The number of aromatic nitrogens is 1. The van der Waals surface area contributed by atoms with Gasteiger partial charge in [0.2, 0.25) is 0 Å². The number of ether oxygens (including phenoxy) is 1. The molecule has 1 aliphatic rings. The molecule has 0 atom stereocenters. The number of hydrogen-bond acceptors (Lipinski definition) is 5. The van der Waals surface area contributed by atoms with Gasteiger partial charge in [-0.2, -0.15) is 0 Å². The van der Waals surface area contributed by atoms with E-state index < -0.39 is 0 Å². The first-order valence-corrected chi connectivity index (χ1v) is 10.6. The number of likely N-dealkylation sites (tertiary alicyclic amines) is 1. The topological polar surface area (TPSA) is 61.8 Å². The molecule has 156 valence electrons. The maximum Gasteiger partial charge on any atom is 0.191 e. The first kappa shape index (κ1) is 24.6. The Bertz CT molecular complexity index is 558. The third-order valence-electron chi connectivity index (χ3n) is 4.70. The zero-order valence-corrected chi connectivity index (χ0v) is 20.4. The molecule has 0 radical (unpaired) electrons. The Morgan fingerprint density at radius 3 is 2.67 bits per heavy atom. The van der Waals surface area contributed by atoms with Crippen molar-refractivity contribution in [1.29, 1.82) is 0 Å². The third-order valence-corrected chi connectivity index (χ3v) is 5.84. The molecule has 0 bridgehead atoms. The molecule has 2 rings (SSSR count). The van der Waals surface area contributed by atoms with E-state index in [9.17, 15) is 0 Å². The molecule has 1 aromatic heterocycles. The number of rotatable bonds is 9. The van der Waals surface area contributed by atoms with E-state index in [2.05, 4.69) is 41.3 Å². The monoisotopic (exact) mass is 509 g/mol. The normalized spacial score (nSPS) is 16.2. The van der Waals surface area contributed by atoms with E-state index in [4.69, 9.17) is 9.73 Å².